The van der Waals surface area contributed by atoms with Gasteiger partial charge in [0.25, 0.3) is 0 Å². The van der Waals surface area contributed by atoms with Gasteiger partial charge in [-0.05, 0) is 24.3 Å². The fraction of sp³-hybridized carbons (Fsp3) is 0.545. The Bertz CT molecular complexity index is 1800. The van der Waals surface area contributed by atoms with Crippen molar-refractivity contribution in [3.63, 3.8) is 0 Å². The highest BCUT2D eigenvalue weighted by Crippen LogP contribution is 2.39. The molecule has 1 aromatic heterocycles. The lowest BCUT2D eigenvalue weighted by Crippen LogP contribution is -2.65. The van der Waals surface area contributed by atoms with E-state index >= 15 is 0 Å². The number of phenolic OH excluding ortho intramolecular Hbond substituents is 2. The van der Waals surface area contributed by atoms with Crippen molar-refractivity contribution >= 4 is 11.0 Å². The van der Waals surface area contributed by atoms with Gasteiger partial charge in [-0.15, -0.1) is 0 Å². The second kappa shape index (κ2) is 16.2. The van der Waals surface area contributed by atoms with Crippen LogP contribution in [0, 0.1) is 0 Å². The Morgan fingerprint density at radius 1 is 0.593 bits per heavy atom. The molecule has 2 unspecified atom stereocenters. The summed E-state index contributed by atoms with van der Waals surface area (Å²) in [5.41, 5.74) is -1.35. The Morgan fingerprint density at radius 3 is 1.69 bits per heavy atom. The van der Waals surface area contributed by atoms with Gasteiger partial charge in [-0.1, -0.05) is 0 Å². The molecular formula is C33H40O21. The molecule has 6 rings (SSSR count). The lowest BCUT2D eigenvalue weighted by atomic mass is 9.97. The van der Waals surface area contributed by atoms with Crippen LogP contribution in [0.25, 0.3) is 22.3 Å². The molecule has 4 heterocycles. The molecule has 2 aromatic carbocycles. The molecule has 0 amide bonds. The maximum atomic E-state index is 14.0. The van der Waals surface area contributed by atoms with Crippen LogP contribution in [0.2, 0.25) is 0 Å². The molecule has 3 aliphatic rings. The van der Waals surface area contributed by atoms with E-state index in [-0.39, 0.29) is 16.9 Å². The van der Waals surface area contributed by atoms with Crippen LogP contribution < -0.4 is 14.9 Å². The molecule has 15 atom stereocenters. The summed E-state index contributed by atoms with van der Waals surface area (Å²) in [4.78, 5) is 14.0. The Morgan fingerprint density at radius 2 is 1.11 bits per heavy atom. The second-order valence-corrected chi connectivity index (χ2v) is 12.9. The predicted octanol–water partition coefficient (Wildman–Crippen LogP) is -4.95. The maximum Gasteiger partial charge on any atom is 0.239 e. The molecule has 0 saturated carbocycles. The molecule has 0 spiro atoms. The molecule has 3 aromatic rings. The second-order valence-electron chi connectivity index (χ2n) is 12.9. The number of fused-ring (bicyclic) bond motifs is 1. The molecule has 0 radical (unpaired) electrons. The van der Waals surface area contributed by atoms with Crippen LogP contribution in [0.4, 0.5) is 0 Å². The molecule has 0 aliphatic carbocycles. The fourth-order valence-electron chi connectivity index (χ4n) is 6.30. The zero-order chi connectivity index (χ0) is 39.2. The fourth-order valence-corrected chi connectivity index (χ4v) is 6.30. The largest absolute Gasteiger partial charge is 0.508 e. The van der Waals surface area contributed by atoms with Crippen LogP contribution in [0.3, 0.4) is 0 Å². The van der Waals surface area contributed by atoms with Gasteiger partial charge in [-0.3, -0.25) is 4.79 Å². The predicted molar refractivity (Wildman–Crippen MR) is 173 cm³/mol. The number of aromatic hydroxyl groups is 2. The van der Waals surface area contributed by atoms with Crippen molar-refractivity contribution in [2.75, 3.05) is 19.8 Å². The van der Waals surface area contributed by atoms with Crippen molar-refractivity contribution in [3.05, 3.63) is 46.6 Å². The first-order chi connectivity index (χ1) is 25.7. The third kappa shape index (κ3) is 7.45. The standard InChI is InChI=1S/C33H40O21/c34-7-15-19(39)23(43)26(46)31(50-15)48-12-3-1-10(2-4-12)28-29(22(42)18-13(38)5-11(37)6-14(18)49-28)53-33-30(25(45)21(41)17(9-36)52-33)54-32-27(47)24(44)20(40)16(8-35)51-32/h1-6,15-17,19-21,23-27,30-41,43-47H,7-9H2/t15?,16-,17-,19-,20-,21-,23+,24+,25?,26-,27-,30-,31-,32+,33+/m1/s1. The number of benzene rings is 2. The number of aliphatic hydroxyl groups is 11. The summed E-state index contributed by atoms with van der Waals surface area (Å²) < 4.78 is 39.6. The molecule has 54 heavy (non-hydrogen) atoms. The Kier molecular flexibility index (Phi) is 11.9. The minimum absolute atomic E-state index is 0.00970. The highest BCUT2D eigenvalue weighted by molar-refractivity contribution is 5.88. The SMILES string of the molecule is O=c1c(O[C@@H]2O[C@H](CO)[C@@H](O)C(O)[C@H]2O[C@@H]2O[C@H](CO)[C@@H](O)[C@H](O)[C@H]2O)c(-c2ccc(O[C@@H]3OC(CO)[C@@H](O)[C@H](O)[C@H]3O)cc2)oc2cc(O)cc(O)c12. The van der Waals surface area contributed by atoms with Crippen molar-refractivity contribution in [2.45, 2.75) is 92.1 Å². The van der Waals surface area contributed by atoms with Crippen molar-refractivity contribution in [2.24, 2.45) is 0 Å². The van der Waals surface area contributed by atoms with Gasteiger partial charge in [-0.25, -0.2) is 0 Å². The molecule has 3 aliphatic heterocycles. The summed E-state index contributed by atoms with van der Waals surface area (Å²) in [6.07, 6.45) is -26.2. The molecule has 0 bridgehead atoms. The molecular weight excluding hydrogens is 732 g/mol. The van der Waals surface area contributed by atoms with E-state index in [0.717, 1.165) is 12.1 Å². The number of ether oxygens (including phenoxy) is 6. The zero-order valence-electron chi connectivity index (χ0n) is 27.8. The summed E-state index contributed by atoms with van der Waals surface area (Å²) in [5.74, 6) is -2.33. The van der Waals surface area contributed by atoms with E-state index in [2.05, 4.69) is 0 Å². The Labute approximate surface area is 303 Å². The van der Waals surface area contributed by atoms with E-state index in [9.17, 15) is 71.2 Å². The summed E-state index contributed by atoms with van der Waals surface area (Å²) >= 11 is 0. The first-order valence-electron chi connectivity index (χ1n) is 16.5. The minimum atomic E-state index is -2.01. The number of hydrogen-bond acceptors (Lipinski definition) is 21. The number of aliphatic hydroxyl groups excluding tert-OH is 11. The molecule has 3 fully saturated rings. The van der Waals surface area contributed by atoms with E-state index in [0.29, 0.717) is 0 Å². The van der Waals surface area contributed by atoms with Crippen LogP contribution in [0.1, 0.15) is 0 Å². The van der Waals surface area contributed by atoms with Crippen LogP contribution in [-0.2, 0) is 18.9 Å². The smallest absolute Gasteiger partial charge is 0.239 e. The van der Waals surface area contributed by atoms with Gasteiger partial charge in [0.15, 0.2) is 18.2 Å². The summed E-state index contributed by atoms with van der Waals surface area (Å²) in [5, 5.41) is 133. The summed E-state index contributed by atoms with van der Waals surface area (Å²) in [6, 6.07) is 7.10. The van der Waals surface area contributed by atoms with Crippen molar-refractivity contribution in [1.82, 2.24) is 0 Å². The first-order valence-corrected chi connectivity index (χ1v) is 16.5. The van der Waals surface area contributed by atoms with Gasteiger partial charge in [-0.2, -0.15) is 0 Å². The van der Waals surface area contributed by atoms with E-state index in [1.54, 1.807) is 0 Å². The van der Waals surface area contributed by atoms with Crippen molar-refractivity contribution in [1.29, 1.82) is 0 Å². The normalized spacial score (nSPS) is 37.3. The van der Waals surface area contributed by atoms with Gasteiger partial charge in [0.05, 0.1) is 19.8 Å². The van der Waals surface area contributed by atoms with E-state index in [1.807, 2.05) is 0 Å². The van der Waals surface area contributed by atoms with Gasteiger partial charge in [0.1, 0.15) is 95.4 Å². The average Bonchev–Trinajstić information content (AvgIpc) is 3.15. The first kappa shape index (κ1) is 39.9. The van der Waals surface area contributed by atoms with Crippen LogP contribution >= 0.6 is 0 Å². The number of hydrogen-bond donors (Lipinski definition) is 13. The van der Waals surface area contributed by atoms with Crippen LogP contribution in [0.15, 0.2) is 45.6 Å². The minimum Gasteiger partial charge on any atom is -0.508 e. The lowest BCUT2D eigenvalue weighted by molar-refractivity contribution is -0.358. The van der Waals surface area contributed by atoms with Crippen LogP contribution in [0.5, 0.6) is 23.0 Å². The topological polar surface area (TPSA) is 349 Å². The zero-order valence-corrected chi connectivity index (χ0v) is 27.8. The van der Waals surface area contributed by atoms with Crippen molar-refractivity contribution in [3.8, 4) is 34.3 Å². The maximum absolute atomic E-state index is 14.0. The summed E-state index contributed by atoms with van der Waals surface area (Å²) in [7, 11) is 0. The molecule has 3 saturated heterocycles. The third-order valence-corrected chi connectivity index (χ3v) is 9.33. The van der Waals surface area contributed by atoms with Gasteiger partial charge in [0, 0.05) is 17.7 Å². The van der Waals surface area contributed by atoms with Crippen molar-refractivity contribution < 1.29 is 99.2 Å². The molecule has 13 N–H and O–H groups in total. The Balaban J connectivity index is 1.37. The monoisotopic (exact) mass is 772 g/mol. The average molecular weight is 773 g/mol. The van der Waals surface area contributed by atoms with Gasteiger partial charge < -0.3 is 99.2 Å². The molecule has 21 heteroatoms. The highest BCUT2D eigenvalue weighted by Gasteiger charge is 2.52. The quantitative estimate of drug-likeness (QED) is 0.0918. The van der Waals surface area contributed by atoms with Gasteiger partial charge in [0.2, 0.25) is 23.8 Å². The third-order valence-electron chi connectivity index (χ3n) is 9.33. The van der Waals surface area contributed by atoms with Crippen LogP contribution in [-0.4, -0.2) is 178 Å². The van der Waals surface area contributed by atoms with E-state index in [4.69, 9.17) is 32.8 Å². The molecule has 21 nitrogen and oxygen atoms in total. The van der Waals surface area contributed by atoms with E-state index in [1.165, 1.54) is 24.3 Å². The lowest BCUT2D eigenvalue weighted by Gasteiger charge is -2.45. The van der Waals surface area contributed by atoms with Gasteiger partial charge >= 0.3 is 0 Å². The number of phenols is 2. The summed E-state index contributed by atoms with van der Waals surface area (Å²) in [6.45, 7) is -2.43. The van der Waals surface area contributed by atoms with E-state index < -0.39 is 146 Å². The molecule has 298 valence electrons. The highest BCUT2D eigenvalue weighted by atomic mass is 16.8. The Hall–Kier alpha value is -3.75. The number of rotatable bonds is 10.